The molecule has 2 heterocycles. The first-order chi connectivity index (χ1) is 9.85. The third-order valence-electron chi connectivity index (χ3n) is 3.52. The molecule has 0 saturated heterocycles. The van der Waals surface area contributed by atoms with Gasteiger partial charge in [0.15, 0.2) is 0 Å². The molecule has 0 fully saturated rings. The summed E-state index contributed by atoms with van der Waals surface area (Å²) in [5.41, 5.74) is 1.50. The highest BCUT2D eigenvalue weighted by Gasteiger charge is 2.09. The van der Waals surface area contributed by atoms with E-state index in [0.29, 0.717) is 0 Å². The van der Waals surface area contributed by atoms with E-state index >= 15 is 0 Å². The van der Waals surface area contributed by atoms with E-state index in [0.717, 1.165) is 4.88 Å². The maximum Gasteiger partial charge on any atom is 0.0772 e. The fraction of sp³-hybridized carbons (Fsp3) is 0.444. The van der Waals surface area contributed by atoms with Crippen molar-refractivity contribution in [2.45, 2.75) is 51.9 Å². The second kappa shape index (κ2) is 8.29. The van der Waals surface area contributed by atoms with Crippen molar-refractivity contribution in [3.63, 3.8) is 0 Å². The fourth-order valence-corrected chi connectivity index (χ4v) is 4.32. The number of terminal acetylenes is 1. The maximum atomic E-state index is 5.46. The maximum absolute atomic E-state index is 5.46. The first-order valence-electron chi connectivity index (χ1n) is 7.48. The Bertz CT molecular complexity index is 554. The lowest BCUT2D eigenvalue weighted by atomic mass is 10.1. The Kier molecular flexibility index (Phi) is 6.36. The smallest absolute Gasteiger partial charge is 0.0772 e. The lowest BCUT2D eigenvalue weighted by Gasteiger charge is -2.02. The number of unbranched alkanes of at least 4 members (excludes halogenated alkanes) is 5. The first kappa shape index (κ1) is 15.4. The van der Waals surface area contributed by atoms with Gasteiger partial charge in [-0.05, 0) is 42.0 Å². The Hall–Kier alpha value is -1.04. The van der Waals surface area contributed by atoms with Crippen LogP contribution in [0.3, 0.4) is 0 Å². The monoisotopic (exact) mass is 302 g/mol. The van der Waals surface area contributed by atoms with E-state index in [2.05, 4.69) is 30.4 Å². The van der Waals surface area contributed by atoms with Gasteiger partial charge >= 0.3 is 0 Å². The molecule has 0 saturated carbocycles. The Morgan fingerprint density at radius 3 is 2.60 bits per heavy atom. The van der Waals surface area contributed by atoms with Gasteiger partial charge in [-0.1, -0.05) is 44.9 Å². The van der Waals surface area contributed by atoms with E-state index < -0.39 is 0 Å². The van der Waals surface area contributed by atoms with Crippen molar-refractivity contribution in [2.24, 2.45) is 0 Å². The van der Waals surface area contributed by atoms with Crippen LogP contribution in [-0.2, 0) is 6.42 Å². The van der Waals surface area contributed by atoms with Gasteiger partial charge in [0.2, 0.25) is 0 Å². The highest BCUT2D eigenvalue weighted by Crippen LogP contribution is 2.35. The number of hydrogen-bond donors (Lipinski definition) is 0. The van der Waals surface area contributed by atoms with Crippen LogP contribution in [0.1, 0.15) is 55.9 Å². The topological polar surface area (TPSA) is 0 Å². The van der Waals surface area contributed by atoms with Gasteiger partial charge in [0.25, 0.3) is 0 Å². The molecule has 2 aromatic heterocycles. The fourth-order valence-electron chi connectivity index (χ4n) is 2.38. The molecule has 0 atom stereocenters. The molecular formula is C18H22S2. The highest BCUT2D eigenvalue weighted by atomic mass is 32.1. The molecule has 0 spiro atoms. The zero-order valence-corrected chi connectivity index (χ0v) is 13.8. The summed E-state index contributed by atoms with van der Waals surface area (Å²) in [7, 11) is 0. The summed E-state index contributed by atoms with van der Waals surface area (Å²) < 4.78 is 0. The summed E-state index contributed by atoms with van der Waals surface area (Å²) in [6, 6.07) is 6.49. The van der Waals surface area contributed by atoms with Gasteiger partial charge in [-0.25, -0.2) is 0 Å². The Labute approximate surface area is 130 Å². The van der Waals surface area contributed by atoms with E-state index in [1.807, 2.05) is 17.4 Å². The summed E-state index contributed by atoms with van der Waals surface area (Å²) in [5.74, 6) is 2.72. The molecule has 106 valence electrons. The van der Waals surface area contributed by atoms with Crippen molar-refractivity contribution in [3.8, 4) is 22.1 Å². The van der Waals surface area contributed by atoms with Crippen molar-refractivity contribution < 1.29 is 0 Å². The average molecular weight is 303 g/mol. The summed E-state index contributed by atoms with van der Waals surface area (Å²) in [4.78, 5) is 3.78. The molecule has 0 amide bonds. The molecule has 0 bridgehead atoms. The molecule has 2 aromatic rings. The predicted octanol–water partition coefficient (Wildman–Crippen LogP) is 6.36. The SMILES string of the molecule is C#Cc1ccc(-c2sccc2CCCCCCCC)s1. The minimum absolute atomic E-state index is 1.03. The van der Waals surface area contributed by atoms with Crippen LogP contribution in [0.4, 0.5) is 0 Å². The molecule has 0 unspecified atom stereocenters. The lowest BCUT2D eigenvalue weighted by Crippen LogP contribution is -1.86. The Morgan fingerprint density at radius 1 is 1.05 bits per heavy atom. The summed E-state index contributed by atoms with van der Waals surface area (Å²) in [6.07, 6.45) is 14.8. The minimum Gasteiger partial charge on any atom is -0.143 e. The van der Waals surface area contributed by atoms with E-state index in [1.54, 1.807) is 11.3 Å². The molecule has 0 radical (unpaired) electrons. The highest BCUT2D eigenvalue weighted by molar-refractivity contribution is 7.21. The van der Waals surface area contributed by atoms with E-state index in [1.165, 1.54) is 60.3 Å². The van der Waals surface area contributed by atoms with Crippen LogP contribution in [0, 0.1) is 12.3 Å². The second-order valence-corrected chi connectivity index (χ2v) is 7.10. The molecule has 0 aliphatic heterocycles. The summed E-state index contributed by atoms with van der Waals surface area (Å²) >= 11 is 3.57. The molecule has 0 nitrogen and oxygen atoms in total. The largest absolute Gasteiger partial charge is 0.143 e. The predicted molar refractivity (Wildman–Crippen MR) is 92.6 cm³/mol. The van der Waals surface area contributed by atoms with Crippen LogP contribution < -0.4 is 0 Å². The van der Waals surface area contributed by atoms with Crippen LogP contribution in [-0.4, -0.2) is 0 Å². The average Bonchev–Trinajstić information content (AvgIpc) is 3.10. The number of thiophene rings is 2. The molecule has 2 heteroatoms. The van der Waals surface area contributed by atoms with E-state index in [-0.39, 0.29) is 0 Å². The molecule has 0 aliphatic carbocycles. The second-order valence-electron chi connectivity index (χ2n) is 5.10. The van der Waals surface area contributed by atoms with Crippen LogP contribution in [0.25, 0.3) is 9.75 Å². The van der Waals surface area contributed by atoms with Crippen LogP contribution in [0.15, 0.2) is 23.6 Å². The Balaban J connectivity index is 1.87. The van der Waals surface area contributed by atoms with Crippen molar-refractivity contribution in [1.29, 1.82) is 0 Å². The minimum atomic E-state index is 1.03. The zero-order chi connectivity index (χ0) is 14.2. The van der Waals surface area contributed by atoms with E-state index in [4.69, 9.17) is 6.42 Å². The van der Waals surface area contributed by atoms with Gasteiger partial charge in [-0.3, -0.25) is 0 Å². The standard InChI is InChI=1S/C18H22S2/c1-3-5-6-7-8-9-10-15-13-14-19-18(15)17-12-11-16(4-2)20-17/h2,11-14H,3,5-10H2,1H3. The third-order valence-corrected chi connectivity index (χ3v) is 5.67. The van der Waals surface area contributed by atoms with Gasteiger partial charge in [-0.15, -0.1) is 29.1 Å². The van der Waals surface area contributed by atoms with Crippen LogP contribution in [0.5, 0.6) is 0 Å². The van der Waals surface area contributed by atoms with Gasteiger partial charge < -0.3 is 0 Å². The number of hydrogen-bond acceptors (Lipinski definition) is 2. The van der Waals surface area contributed by atoms with Crippen molar-refractivity contribution in [3.05, 3.63) is 34.0 Å². The van der Waals surface area contributed by atoms with Gasteiger partial charge in [0, 0.05) is 9.75 Å². The van der Waals surface area contributed by atoms with Crippen molar-refractivity contribution >= 4 is 22.7 Å². The Morgan fingerprint density at radius 2 is 1.85 bits per heavy atom. The van der Waals surface area contributed by atoms with Gasteiger partial charge in [0.05, 0.1) is 4.88 Å². The van der Waals surface area contributed by atoms with E-state index in [9.17, 15) is 0 Å². The molecule has 0 aliphatic rings. The zero-order valence-electron chi connectivity index (χ0n) is 12.2. The summed E-state index contributed by atoms with van der Waals surface area (Å²) in [5, 5.41) is 2.21. The van der Waals surface area contributed by atoms with Gasteiger partial charge in [-0.2, -0.15) is 0 Å². The summed E-state index contributed by atoms with van der Waals surface area (Å²) in [6.45, 7) is 2.27. The third kappa shape index (κ3) is 4.23. The van der Waals surface area contributed by atoms with Crippen LogP contribution >= 0.6 is 22.7 Å². The van der Waals surface area contributed by atoms with Crippen LogP contribution in [0.2, 0.25) is 0 Å². The van der Waals surface area contributed by atoms with Crippen molar-refractivity contribution in [2.75, 3.05) is 0 Å². The van der Waals surface area contributed by atoms with Gasteiger partial charge in [0.1, 0.15) is 0 Å². The quantitative estimate of drug-likeness (QED) is 0.393. The number of aryl methyl sites for hydroxylation is 1. The molecule has 0 aromatic carbocycles. The number of rotatable bonds is 8. The molecule has 2 rings (SSSR count). The molecule has 20 heavy (non-hydrogen) atoms. The molecular weight excluding hydrogens is 280 g/mol. The van der Waals surface area contributed by atoms with Crippen molar-refractivity contribution in [1.82, 2.24) is 0 Å². The lowest BCUT2D eigenvalue weighted by molar-refractivity contribution is 0.608. The first-order valence-corrected chi connectivity index (χ1v) is 9.18. The normalized spacial score (nSPS) is 10.6. The molecule has 0 N–H and O–H groups in total.